The normalized spacial score (nSPS) is 10.4. The number of nitrogens with zero attached hydrogens (tertiary/aromatic N) is 1. The van der Waals surface area contributed by atoms with Gasteiger partial charge >= 0.3 is 0 Å². The first-order valence-electron chi connectivity index (χ1n) is 6.79. The van der Waals surface area contributed by atoms with E-state index in [0.717, 1.165) is 4.70 Å². The molecule has 0 saturated carbocycles. The van der Waals surface area contributed by atoms with Crippen molar-refractivity contribution in [3.63, 3.8) is 0 Å². The van der Waals surface area contributed by atoms with Gasteiger partial charge in [-0.15, -0.1) is 0 Å². The number of fused-ring (bicyclic) bond motifs is 1. The number of carbonyl (C=O) groups is 1. The van der Waals surface area contributed by atoms with Crippen molar-refractivity contribution in [1.29, 1.82) is 0 Å². The number of amides is 1. The van der Waals surface area contributed by atoms with Crippen LogP contribution in [0.15, 0.2) is 34.9 Å². The van der Waals surface area contributed by atoms with Gasteiger partial charge in [0, 0.05) is 6.07 Å². The number of methoxy groups -OCH3 is 2. The predicted molar refractivity (Wildman–Crippen MR) is 95.1 cm³/mol. The van der Waals surface area contributed by atoms with Crippen molar-refractivity contribution in [1.82, 2.24) is 10.3 Å². The first kappa shape index (κ1) is 16.2. The molecule has 24 heavy (non-hydrogen) atoms. The predicted octanol–water partition coefficient (Wildman–Crippen LogP) is 3.03. The molecule has 3 aromatic rings. The molecule has 1 amide bonds. The maximum atomic E-state index is 11.9. The number of hydrogen-bond donors (Lipinski definition) is 2. The maximum Gasteiger partial charge on any atom is 0.293 e. The number of nitrogens with one attached hydrogen (secondary N) is 2. The molecule has 2 aromatic heterocycles. The molecule has 9 heteroatoms. The molecule has 0 saturated heterocycles. The smallest absolute Gasteiger partial charge is 0.293 e. The van der Waals surface area contributed by atoms with E-state index in [9.17, 15) is 4.79 Å². The molecule has 124 valence electrons. The van der Waals surface area contributed by atoms with Gasteiger partial charge in [0.2, 0.25) is 0 Å². The summed E-state index contributed by atoms with van der Waals surface area (Å²) in [4.78, 5) is 16.3. The van der Waals surface area contributed by atoms with E-state index in [-0.39, 0.29) is 10.9 Å². The third-order valence-electron chi connectivity index (χ3n) is 3.08. The number of thiazole rings is 1. The second-order valence-corrected chi connectivity index (χ2v) is 6.02. The van der Waals surface area contributed by atoms with Gasteiger partial charge in [-0.1, -0.05) is 11.3 Å². The zero-order valence-electron chi connectivity index (χ0n) is 12.8. The van der Waals surface area contributed by atoms with E-state index in [1.165, 1.54) is 17.6 Å². The van der Waals surface area contributed by atoms with Gasteiger partial charge in [0.05, 0.1) is 25.2 Å². The van der Waals surface area contributed by atoms with Crippen LogP contribution in [0.5, 0.6) is 11.5 Å². The molecule has 0 radical (unpaired) electrons. The molecule has 2 heterocycles. The van der Waals surface area contributed by atoms with Gasteiger partial charge in [0.1, 0.15) is 17.0 Å². The molecule has 2 N–H and O–H groups in total. The number of anilines is 1. The second kappa shape index (κ2) is 6.85. The van der Waals surface area contributed by atoms with Gasteiger partial charge in [0.25, 0.3) is 5.91 Å². The lowest BCUT2D eigenvalue weighted by molar-refractivity contribution is 0.0950. The molecule has 0 bridgehead atoms. The van der Waals surface area contributed by atoms with E-state index in [2.05, 4.69) is 15.6 Å². The van der Waals surface area contributed by atoms with E-state index >= 15 is 0 Å². The van der Waals surface area contributed by atoms with Crippen molar-refractivity contribution >= 4 is 49.9 Å². The van der Waals surface area contributed by atoms with Crippen LogP contribution in [0.2, 0.25) is 0 Å². The number of furan rings is 1. The summed E-state index contributed by atoms with van der Waals surface area (Å²) >= 11 is 6.49. The number of thiocarbonyl (C=S) groups is 1. The zero-order chi connectivity index (χ0) is 17.1. The highest BCUT2D eigenvalue weighted by Crippen LogP contribution is 2.36. The molecule has 0 aliphatic rings. The Kier molecular flexibility index (Phi) is 4.63. The Balaban J connectivity index is 1.77. The molecule has 0 spiro atoms. The van der Waals surface area contributed by atoms with Crippen molar-refractivity contribution < 1.29 is 18.7 Å². The summed E-state index contributed by atoms with van der Waals surface area (Å²) in [5, 5.41) is 6.06. The van der Waals surface area contributed by atoms with Gasteiger partial charge in [-0.25, -0.2) is 4.98 Å². The quantitative estimate of drug-likeness (QED) is 0.689. The summed E-state index contributed by atoms with van der Waals surface area (Å²) in [5.74, 6) is 1.01. The van der Waals surface area contributed by atoms with Crippen LogP contribution in [-0.2, 0) is 0 Å². The fourth-order valence-corrected chi connectivity index (χ4v) is 3.17. The monoisotopic (exact) mass is 363 g/mol. The van der Waals surface area contributed by atoms with E-state index in [1.54, 1.807) is 32.4 Å². The Bertz CT molecular complexity index is 890. The van der Waals surface area contributed by atoms with E-state index < -0.39 is 5.91 Å². The van der Waals surface area contributed by atoms with Crippen molar-refractivity contribution in [3.05, 3.63) is 36.3 Å². The molecule has 0 aliphatic carbocycles. The molecule has 7 nitrogen and oxygen atoms in total. The molecule has 1 aromatic carbocycles. The number of ether oxygens (including phenoxy) is 2. The summed E-state index contributed by atoms with van der Waals surface area (Å²) in [6.07, 6.45) is 1.42. The minimum Gasteiger partial charge on any atom is -0.497 e. The minimum atomic E-state index is -0.433. The lowest BCUT2D eigenvalue weighted by atomic mass is 10.3. The molecule has 0 unspecified atom stereocenters. The van der Waals surface area contributed by atoms with Crippen LogP contribution in [0.1, 0.15) is 10.6 Å². The first-order chi connectivity index (χ1) is 11.6. The van der Waals surface area contributed by atoms with Crippen molar-refractivity contribution in [2.45, 2.75) is 0 Å². The number of hydrogen-bond acceptors (Lipinski definition) is 7. The number of benzene rings is 1. The van der Waals surface area contributed by atoms with Gasteiger partial charge in [0.15, 0.2) is 16.0 Å². The number of aromatic nitrogens is 1. The second-order valence-electron chi connectivity index (χ2n) is 4.58. The van der Waals surface area contributed by atoms with Crippen LogP contribution in [0.3, 0.4) is 0 Å². The molecule has 0 fully saturated rings. The highest BCUT2D eigenvalue weighted by Gasteiger charge is 2.14. The molecular weight excluding hydrogens is 350 g/mol. The fraction of sp³-hybridized carbons (Fsp3) is 0.133. The van der Waals surface area contributed by atoms with Crippen LogP contribution in [-0.4, -0.2) is 30.2 Å². The Morgan fingerprint density at radius 1 is 1.33 bits per heavy atom. The minimum absolute atomic E-state index is 0.126. The Labute approximate surface area is 146 Å². The van der Waals surface area contributed by atoms with E-state index in [1.807, 2.05) is 6.07 Å². The van der Waals surface area contributed by atoms with E-state index in [4.69, 9.17) is 26.1 Å². The lowest BCUT2D eigenvalue weighted by Gasteiger charge is -2.05. The zero-order valence-corrected chi connectivity index (χ0v) is 14.4. The van der Waals surface area contributed by atoms with Crippen LogP contribution in [0, 0.1) is 0 Å². The average molecular weight is 363 g/mol. The van der Waals surface area contributed by atoms with E-state index in [0.29, 0.717) is 22.1 Å². The SMILES string of the molecule is COc1cc(OC)c2nc(NC(=S)NC(=O)c3ccco3)sc2c1. The average Bonchev–Trinajstić information content (AvgIpc) is 3.22. The van der Waals surface area contributed by atoms with Crippen LogP contribution >= 0.6 is 23.6 Å². The Morgan fingerprint density at radius 2 is 2.17 bits per heavy atom. The third kappa shape index (κ3) is 3.31. The molecular formula is C15H13N3O4S2. The summed E-state index contributed by atoms with van der Waals surface area (Å²) in [6.45, 7) is 0. The van der Waals surface area contributed by atoms with Gasteiger partial charge in [-0.05, 0) is 30.4 Å². The third-order valence-corrected chi connectivity index (χ3v) is 4.20. The summed E-state index contributed by atoms with van der Waals surface area (Å²) in [7, 11) is 3.15. The topological polar surface area (TPSA) is 85.6 Å². The number of rotatable bonds is 4. The maximum absolute atomic E-state index is 11.9. The van der Waals surface area contributed by atoms with Crippen LogP contribution < -0.4 is 20.1 Å². The van der Waals surface area contributed by atoms with Gasteiger partial charge in [-0.3, -0.25) is 10.1 Å². The Hall–Kier alpha value is -2.65. The number of carbonyl (C=O) groups excluding carboxylic acids is 1. The summed E-state index contributed by atoms with van der Waals surface area (Å²) < 4.78 is 16.4. The summed E-state index contributed by atoms with van der Waals surface area (Å²) in [5.41, 5.74) is 0.686. The molecule has 3 rings (SSSR count). The van der Waals surface area contributed by atoms with Crippen molar-refractivity contribution in [3.8, 4) is 11.5 Å². The highest BCUT2D eigenvalue weighted by atomic mass is 32.1. The molecule has 0 atom stereocenters. The summed E-state index contributed by atoms with van der Waals surface area (Å²) in [6, 6.07) is 6.78. The van der Waals surface area contributed by atoms with Gasteiger partial charge in [-0.2, -0.15) is 0 Å². The lowest BCUT2D eigenvalue weighted by Crippen LogP contribution is -2.33. The first-order valence-corrected chi connectivity index (χ1v) is 8.01. The Morgan fingerprint density at radius 3 is 2.83 bits per heavy atom. The van der Waals surface area contributed by atoms with Crippen molar-refractivity contribution in [2.75, 3.05) is 19.5 Å². The molecule has 0 aliphatic heterocycles. The fourth-order valence-electron chi connectivity index (χ4n) is 2.00. The van der Waals surface area contributed by atoms with Crippen LogP contribution in [0.4, 0.5) is 5.13 Å². The largest absolute Gasteiger partial charge is 0.497 e. The van der Waals surface area contributed by atoms with Crippen molar-refractivity contribution in [2.24, 2.45) is 0 Å². The van der Waals surface area contributed by atoms with Gasteiger partial charge < -0.3 is 19.2 Å². The highest BCUT2D eigenvalue weighted by molar-refractivity contribution is 7.80. The standard InChI is InChI=1S/C15H13N3O4S2/c1-20-8-6-10(21-2)12-11(7-8)24-15(16-12)18-14(23)17-13(19)9-4-3-5-22-9/h3-7H,1-2H3,(H2,16,17,18,19,23). The van der Waals surface area contributed by atoms with Crippen LogP contribution in [0.25, 0.3) is 10.2 Å².